The molecule has 6 nitrogen and oxygen atoms in total. The molecule has 0 aliphatic carbocycles. The highest BCUT2D eigenvalue weighted by Crippen LogP contribution is 2.21. The molecule has 1 aliphatic rings. The second kappa shape index (κ2) is 8.93. The number of carbonyl (C=O) groups is 2. The number of hydrogen-bond donors (Lipinski definition) is 1. The first-order valence-electron chi connectivity index (χ1n) is 8.90. The van der Waals surface area contributed by atoms with Gasteiger partial charge in [-0.3, -0.25) is 4.79 Å². The summed E-state index contributed by atoms with van der Waals surface area (Å²) in [5.74, 6) is -0.407. The van der Waals surface area contributed by atoms with Crippen LogP contribution in [0, 0.1) is 12.7 Å². The number of halogens is 2. The van der Waals surface area contributed by atoms with Crippen molar-refractivity contribution in [1.82, 2.24) is 9.80 Å². The monoisotopic (exact) mass is 405 g/mol. The first-order chi connectivity index (χ1) is 13.4. The van der Waals surface area contributed by atoms with E-state index in [-0.39, 0.29) is 23.6 Å². The molecule has 1 aliphatic heterocycles. The van der Waals surface area contributed by atoms with Crippen LogP contribution in [0.1, 0.15) is 5.56 Å². The van der Waals surface area contributed by atoms with Gasteiger partial charge in [0.1, 0.15) is 11.6 Å². The number of nitrogens with zero attached hydrogens (tertiary/aromatic N) is 2. The summed E-state index contributed by atoms with van der Waals surface area (Å²) in [7, 11) is 0. The van der Waals surface area contributed by atoms with Gasteiger partial charge in [0.2, 0.25) is 0 Å². The van der Waals surface area contributed by atoms with Gasteiger partial charge in [-0.25, -0.2) is 9.18 Å². The Kier molecular flexibility index (Phi) is 6.36. The van der Waals surface area contributed by atoms with Crippen molar-refractivity contribution in [2.75, 3.05) is 38.1 Å². The van der Waals surface area contributed by atoms with Crippen molar-refractivity contribution in [3.05, 3.63) is 58.9 Å². The third-order valence-electron chi connectivity index (χ3n) is 4.44. The van der Waals surface area contributed by atoms with Gasteiger partial charge in [-0.2, -0.15) is 0 Å². The van der Waals surface area contributed by atoms with Gasteiger partial charge in [0, 0.05) is 37.9 Å². The Morgan fingerprint density at radius 3 is 2.50 bits per heavy atom. The number of piperazine rings is 1. The molecule has 2 aromatic rings. The van der Waals surface area contributed by atoms with E-state index in [4.69, 9.17) is 16.3 Å². The van der Waals surface area contributed by atoms with Gasteiger partial charge in [-0.05, 0) is 36.8 Å². The zero-order valence-corrected chi connectivity index (χ0v) is 16.2. The number of aryl methyl sites for hydroxylation is 1. The molecule has 0 radical (unpaired) electrons. The molecule has 3 amide bonds. The van der Waals surface area contributed by atoms with Crippen molar-refractivity contribution in [3.8, 4) is 5.75 Å². The van der Waals surface area contributed by atoms with Crippen molar-refractivity contribution in [2.24, 2.45) is 0 Å². The average molecular weight is 406 g/mol. The Bertz CT molecular complexity index is 870. The fourth-order valence-electron chi connectivity index (χ4n) is 2.89. The minimum Gasteiger partial charge on any atom is -0.484 e. The van der Waals surface area contributed by atoms with E-state index < -0.39 is 5.82 Å². The summed E-state index contributed by atoms with van der Waals surface area (Å²) in [5.41, 5.74) is 1.81. The quantitative estimate of drug-likeness (QED) is 0.846. The fraction of sp³-hybridized carbons (Fsp3) is 0.300. The molecule has 0 atom stereocenters. The first kappa shape index (κ1) is 19.9. The summed E-state index contributed by atoms with van der Waals surface area (Å²) in [5, 5.41) is 2.81. The predicted molar refractivity (Wildman–Crippen MR) is 105 cm³/mol. The van der Waals surface area contributed by atoms with Crippen molar-refractivity contribution in [3.63, 3.8) is 0 Å². The van der Waals surface area contributed by atoms with Crippen LogP contribution in [-0.4, -0.2) is 54.5 Å². The normalized spacial score (nSPS) is 14.0. The number of nitrogens with one attached hydrogen (secondary N) is 1. The van der Waals surface area contributed by atoms with Crippen LogP contribution < -0.4 is 10.1 Å². The number of rotatable bonds is 4. The van der Waals surface area contributed by atoms with Crippen LogP contribution in [0.15, 0.2) is 42.5 Å². The summed E-state index contributed by atoms with van der Waals surface area (Å²) in [6.07, 6.45) is 0. The van der Waals surface area contributed by atoms with E-state index in [1.54, 1.807) is 9.80 Å². The zero-order valence-electron chi connectivity index (χ0n) is 15.5. The Morgan fingerprint density at radius 2 is 1.82 bits per heavy atom. The topological polar surface area (TPSA) is 61.9 Å². The summed E-state index contributed by atoms with van der Waals surface area (Å²) in [4.78, 5) is 28.0. The number of anilines is 1. The lowest BCUT2D eigenvalue weighted by Gasteiger charge is -2.34. The fourth-order valence-corrected chi connectivity index (χ4v) is 3.06. The number of benzene rings is 2. The molecule has 0 bridgehead atoms. The molecular formula is C20H21ClFN3O3. The van der Waals surface area contributed by atoms with Crippen LogP contribution in [0.5, 0.6) is 5.75 Å². The largest absolute Gasteiger partial charge is 0.484 e. The molecule has 1 saturated heterocycles. The van der Waals surface area contributed by atoms with E-state index in [1.807, 2.05) is 31.2 Å². The first-order valence-corrected chi connectivity index (χ1v) is 9.28. The molecule has 1 N–H and O–H groups in total. The third kappa shape index (κ3) is 5.13. The van der Waals surface area contributed by atoms with Crippen molar-refractivity contribution >= 4 is 29.2 Å². The number of urea groups is 1. The van der Waals surface area contributed by atoms with Crippen molar-refractivity contribution in [2.45, 2.75) is 6.92 Å². The number of carbonyl (C=O) groups excluding carboxylic acids is 2. The zero-order chi connectivity index (χ0) is 20.1. The van der Waals surface area contributed by atoms with Crippen molar-refractivity contribution < 1.29 is 18.7 Å². The maximum Gasteiger partial charge on any atom is 0.321 e. The minimum absolute atomic E-state index is 0.0572. The van der Waals surface area contributed by atoms with E-state index in [1.165, 1.54) is 18.2 Å². The summed E-state index contributed by atoms with van der Waals surface area (Å²) >= 11 is 5.70. The van der Waals surface area contributed by atoms with E-state index in [9.17, 15) is 14.0 Å². The van der Waals surface area contributed by atoms with Gasteiger partial charge in [0.15, 0.2) is 6.61 Å². The molecule has 0 unspecified atom stereocenters. The van der Waals surface area contributed by atoms with Gasteiger partial charge < -0.3 is 19.9 Å². The van der Waals surface area contributed by atoms with Gasteiger partial charge in [-0.15, -0.1) is 0 Å². The average Bonchev–Trinajstić information content (AvgIpc) is 2.69. The molecule has 8 heteroatoms. The molecule has 148 valence electrons. The molecule has 0 saturated carbocycles. The maximum atomic E-state index is 13.1. The SMILES string of the molecule is Cc1cccc(NC(=O)N2CCN(C(=O)COc3ccc(F)c(Cl)c3)CC2)c1. The van der Waals surface area contributed by atoms with Crippen LogP contribution in [0.4, 0.5) is 14.9 Å². The Labute approximate surface area is 167 Å². The lowest BCUT2D eigenvalue weighted by atomic mass is 10.2. The highest BCUT2D eigenvalue weighted by Gasteiger charge is 2.24. The van der Waals surface area contributed by atoms with Crippen LogP contribution in [-0.2, 0) is 4.79 Å². The third-order valence-corrected chi connectivity index (χ3v) is 4.73. The molecule has 0 aromatic heterocycles. The molecule has 0 spiro atoms. The van der Waals surface area contributed by atoms with Gasteiger partial charge >= 0.3 is 6.03 Å². The number of amides is 3. The Hall–Kier alpha value is -2.80. The lowest BCUT2D eigenvalue weighted by Crippen LogP contribution is -2.52. The molecule has 3 rings (SSSR count). The van der Waals surface area contributed by atoms with E-state index in [0.717, 1.165) is 11.3 Å². The summed E-state index contributed by atoms with van der Waals surface area (Å²) < 4.78 is 18.5. The van der Waals surface area contributed by atoms with Crippen LogP contribution in [0.2, 0.25) is 5.02 Å². The number of ether oxygens (including phenoxy) is 1. The highest BCUT2D eigenvalue weighted by atomic mass is 35.5. The van der Waals surface area contributed by atoms with Crippen LogP contribution in [0.25, 0.3) is 0 Å². The second-order valence-electron chi connectivity index (χ2n) is 6.53. The smallest absolute Gasteiger partial charge is 0.321 e. The summed E-state index contributed by atoms with van der Waals surface area (Å²) in [6.45, 7) is 3.51. The molecule has 2 aromatic carbocycles. The van der Waals surface area contributed by atoms with Gasteiger partial charge in [0.25, 0.3) is 5.91 Å². The van der Waals surface area contributed by atoms with Crippen LogP contribution >= 0.6 is 11.6 Å². The van der Waals surface area contributed by atoms with E-state index >= 15 is 0 Å². The lowest BCUT2D eigenvalue weighted by molar-refractivity contribution is -0.134. The minimum atomic E-state index is -0.541. The molecule has 1 fully saturated rings. The van der Waals surface area contributed by atoms with E-state index in [2.05, 4.69) is 5.32 Å². The van der Waals surface area contributed by atoms with E-state index in [0.29, 0.717) is 31.9 Å². The molecule has 28 heavy (non-hydrogen) atoms. The van der Waals surface area contributed by atoms with Gasteiger partial charge in [0.05, 0.1) is 5.02 Å². The highest BCUT2D eigenvalue weighted by molar-refractivity contribution is 6.30. The van der Waals surface area contributed by atoms with Crippen molar-refractivity contribution in [1.29, 1.82) is 0 Å². The predicted octanol–water partition coefficient (Wildman–Crippen LogP) is 3.54. The van der Waals surface area contributed by atoms with Crippen LogP contribution in [0.3, 0.4) is 0 Å². The Morgan fingerprint density at radius 1 is 1.11 bits per heavy atom. The van der Waals surface area contributed by atoms with Gasteiger partial charge in [-0.1, -0.05) is 23.7 Å². The number of hydrogen-bond acceptors (Lipinski definition) is 3. The standard InChI is InChI=1S/C20H21ClFN3O3/c1-14-3-2-4-15(11-14)23-20(27)25-9-7-24(8-10-25)19(26)13-28-16-5-6-18(22)17(21)12-16/h2-6,11-12H,7-10,13H2,1H3,(H,23,27). The Balaban J connectivity index is 1.45. The summed E-state index contributed by atoms with van der Waals surface area (Å²) in [6, 6.07) is 11.3. The molecular weight excluding hydrogens is 385 g/mol. The maximum absolute atomic E-state index is 13.1. The molecule has 1 heterocycles. The second-order valence-corrected chi connectivity index (χ2v) is 6.94.